The van der Waals surface area contributed by atoms with Crippen molar-refractivity contribution in [2.24, 2.45) is 5.92 Å². The number of hydrogen-bond acceptors (Lipinski definition) is 2. The summed E-state index contributed by atoms with van der Waals surface area (Å²) in [6.07, 6.45) is 7.52. The van der Waals surface area contributed by atoms with E-state index < -0.39 is 0 Å². The smallest absolute Gasteiger partial charge is 0.0648 e. The molecule has 2 nitrogen and oxygen atoms in total. The van der Waals surface area contributed by atoms with Crippen molar-refractivity contribution in [1.29, 1.82) is 0 Å². The Bertz CT molecular complexity index is 158. The molecule has 2 unspecified atom stereocenters. The zero-order valence-corrected chi connectivity index (χ0v) is 9.59. The van der Waals surface area contributed by atoms with Crippen LogP contribution in [-0.4, -0.2) is 24.4 Å². The van der Waals surface area contributed by atoms with Gasteiger partial charge in [0.05, 0.1) is 5.60 Å². The molecule has 0 aromatic rings. The lowest BCUT2D eigenvalue weighted by atomic mass is 9.89. The van der Waals surface area contributed by atoms with E-state index in [-0.39, 0.29) is 5.60 Å². The van der Waals surface area contributed by atoms with Crippen LogP contribution in [0.3, 0.4) is 0 Å². The fraction of sp³-hybridized carbons (Fsp3) is 1.00. The molecule has 0 bridgehead atoms. The normalized spacial score (nSPS) is 34.1. The minimum absolute atomic E-state index is 0.386. The molecule has 0 radical (unpaired) electrons. The average Bonchev–Trinajstić information content (AvgIpc) is 2.30. The van der Waals surface area contributed by atoms with Crippen LogP contribution in [0.15, 0.2) is 0 Å². The van der Waals surface area contributed by atoms with Crippen molar-refractivity contribution in [2.75, 3.05) is 13.7 Å². The monoisotopic (exact) mass is 200 g/mol. The molecule has 2 heteroatoms. The van der Waals surface area contributed by atoms with E-state index in [0.717, 1.165) is 38.2 Å². The lowest BCUT2D eigenvalue weighted by Gasteiger charge is -2.26. The summed E-state index contributed by atoms with van der Waals surface area (Å²) in [6, 6.07) is 0. The fourth-order valence-corrected chi connectivity index (χ4v) is 2.36. The van der Waals surface area contributed by atoms with Gasteiger partial charge in [0.25, 0.3) is 0 Å². The molecule has 0 heterocycles. The third-order valence-corrected chi connectivity index (χ3v) is 3.43. The van der Waals surface area contributed by atoms with Gasteiger partial charge >= 0.3 is 0 Å². The van der Waals surface area contributed by atoms with Crippen molar-refractivity contribution in [2.45, 2.75) is 57.5 Å². The summed E-state index contributed by atoms with van der Waals surface area (Å²) in [5.74, 6) is 0.798. The summed E-state index contributed by atoms with van der Waals surface area (Å²) < 4.78 is 5.02. The predicted molar refractivity (Wildman–Crippen MR) is 58.3 cm³/mol. The third kappa shape index (κ3) is 3.97. The molecule has 1 N–H and O–H groups in total. The van der Waals surface area contributed by atoms with Gasteiger partial charge in [-0.2, -0.15) is 0 Å². The number of rotatable bonds is 4. The van der Waals surface area contributed by atoms with Crippen LogP contribution < -0.4 is 0 Å². The van der Waals surface area contributed by atoms with Gasteiger partial charge in [-0.1, -0.05) is 19.8 Å². The predicted octanol–water partition coefficient (Wildman–Crippen LogP) is 2.74. The fourth-order valence-electron chi connectivity index (χ4n) is 2.36. The Morgan fingerprint density at radius 3 is 2.86 bits per heavy atom. The van der Waals surface area contributed by atoms with E-state index in [4.69, 9.17) is 4.74 Å². The standard InChI is InChI=1S/C12H24O2/c1-11-5-3-7-12(13,9-6-11)8-4-10-14-2/h11,13H,3-10H2,1-2H3. The van der Waals surface area contributed by atoms with Crippen LogP contribution in [-0.2, 0) is 4.74 Å². The second kappa shape index (κ2) is 5.72. The van der Waals surface area contributed by atoms with Gasteiger partial charge in [-0.25, -0.2) is 0 Å². The van der Waals surface area contributed by atoms with Gasteiger partial charge in [0.15, 0.2) is 0 Å². The van der Waals surface area contributed by atoms with E-state index in [9.17, 15) is 5.11 Å². The first-order valence-electron chi connectivity index (χ1n) is 5.88. The molecule has 84 valence electrons. The summed E-state index contributed by atoms with van der Waals surface area (Å²) in [6.45, 7) is 3.07. The van der Waals surface area contributed by atoms with E-state index in [1.807, 2.05) is 0 Å². The van der Waals surface area contributed by atoms with E-state index in [1.54, 1.807) is 7.11 Å². The molecule has 14 heavy (non-hydrogen) atoms. The van der Waals surface area contributed by atoms with Gasteiger partial charge < -0.3 is 9.84 Å². The van der Waals surface area contributed by atoms with Crippen LogP contribution >= 0.6 is 0 Å². The highest BCUT2D eigenvalue weighted by atomic mass is 16.5. The van der Waals surface area contributed by atoms with Crippen LogP contribution in [0.5, 0.6) is 0 Å². The Morgan fingerprint density at radius 2 is 2.14 bits per heavy atom. The summed E-state index contributed by atoms with van der Waals surface area (Å²) in [5, 5.41) is 10.3. The van der Waals surface area contributed by atoms with E-state index in [1.165, 1.54) is 19.3 Å². The van der Waals surface area contributed by atoms with Gasteiger partial charge in [-0.15, -0.1) is 0 Å². The first kappa shape index (κ1) is 12.0. The van der Waals surface area contributed by atoms with Crippen LogP contribution in [0, 0.1) is 5.92 Å². The topological polar surface area (TPSA) is 29.5 Å². The molecular weight excluding hydrogens is 176 g/mol. The molecule has 1 saturated carbocycles. The first-order valence-corrected chi connectivity index (χ1v) is 5.88. The van der Waals surface area contributed by atoms with E-state index in [2.05, 4.69) is 6.92 Å². The SMILES string of the molecule is COCCCC1(O)CCCC(C)CC1. The summed E-state index contributed by atoms with van der Waals surface area (Å²) in [4.78, 5) is 0. The molecular formula is C12H24O2. The number of aliphatic hydroxyl groups is 1. The van der Waals surface area contributed by atoms with Crippen LogP contribution in [0.25, 0.3) is 0 Å². The Morgan fingerprint density at radius 1 is 1.36 bits per heavy atom. The highest BCUT2D eigenvalue weighted by Crippen LogP contribution is 2.33. The molecule has 0 amide bonds. The van der Waals surface area contributed by atoms with E-state index in [0.29, 0.717) is 0 Å². The molecule has 0 saturated heterocycles. The molecule has 0 aromatic heterocycles. The molecule has 1 fully saturated rings. The minimum Gasteiger partial charge on any atom is -0.390 e. The van der Waals surface area contributed by atoms with Crippen molar-refractivity contribution in [3.63, 3.8) is 0 Å². The maximum atomic E-state index is 10.3. The molecule has 0 spiro atoms. The Balaban J connectivity index is 2.31. The van der Waals surface area contributed by atoms with Crippen molar-refractivity contribution in [3.8, 4) is 0 Å². The van der Waals surface area contributed by atoms with Crippen molar-refractivity contribution < 1.29 is 9.84 Å². The molecule has 1 aliphatic rings. The Labute approximate surface area is 87.7 Å². The van der Waals surface area contributed by atoms with Crippen LogP contribution in [0.2, 0.25) is 0 Å². The van der Waals surface area contributed by atoms with Crippen molar-refractivity contribution in [1.82, 2.24) is 0 Å². The highest BCUT2D eigenvalue weighted by molar-refractivity contribution is 4.82. The molecule has 2 atom stereocenters. The highest BCUT2D eigenvalue weighted by Gasteiger charge is 2.28. The average molecular weight is 200 g/mol. The second-order valence-electron chi connectivity index (χ2n) is 4.86. The maximum Gasteiger partial charge on any atom is 0.0648 e. The minimum atomic E-state index is -0.386. The first-order chi connectivity index (χ1) is 6.66. The Hall–Kier alpha value is -0.0800. The second-order valence-corrected chi connectivity index (χ2v) is 4.86. The molecule has 0 aromatic carbocycles. The van der Waals surface area contributed by atoms with Crippen molar-refractivity contribution >= 4 is 0 Å². The van der Waals surface area contributed by atoms with Crippen molar-refractivity contribution in [3.05, 3.63) is 0 Å². The van der Waals surface area contributed by atoms with Gasteiger partial charge in [0.2, 0.25) is 0 Å². The quantitative estimate of drug-likeness (QED) is 0.558. The van der Waals surface area contributed by atoms with E-state index >= 15 is 0 Å². The molecule has 1 aliphatic carbocycles. The number of methoxy groups -OCH3 is 1. The molecule has 1 rings (SSSR count). The van der Waals surface area contributed by atoms with Crippen LogP contribution in [0.4, 0.5) is 0 Å². The largest absolute Gasteiger partial charge is 0.390 e. The summed E-state index contributed by atoms with van der Waals surface area (Å²) in [7, 11) is 1.72. The van der Waals surface area contributed by atoms with Gasteiger partial charge in [0.1, 0.15) is 0 Å². The maximum absolute atomic E-state index is 10.3. The zero-order chi connectivity index (χ0) is 10.4. The number of hydrogen-bond donors (Lipinski definition) is 1. The van der Waals surface area contributed by atoms with Gasteiger partial charge in [0, 0.05) is 13.7 Å². The Kier molecular flexibility index (Phi) is 4.90. The number of ether oxygens (including phenoxy) is 1. The van der Waals surface area contributed by atoms with Gasteiger partial charge in [-0.3, -0.25) is 0 Å². The van der Waals surface area contributed by atoms with Crippen LogP contribution in [0.1, 0.15) is 51.9 Å². The summed E-state index contributed by atoms with van der Waals surface area (Å²) >= 11 is 0. The lowest BCUT2D eigenvalue weighted by molar-refractivity contribution is 0.00786. The third-order valence-electron chi connectivity index (χ3n) is 3.43. The summed E-state index contributed by atoms with van der Waals surface area (Å²) in [5.41, 5.74) is -0.386. The lowest BCUT2D eigenvalue weighted by Crippen LogP contribution is -2.28. The molecule has 0 aliphatic heterocycles. The zero-order valence-electron chi connectivity index (χ0n) is 9.59. The van der Waals surface area contributed by atoms with Gasteiger partial charge in [-0.05, 0) is 38.0 Å².